The van der Waals surface area contributed by atoms with Crippen LogP contribution in [0.1, 0.15) is 46.0 Å². The minimum Gasteiger partial charge on any atom is -0.375 e. The highest BCUT2D eigenvalue weighted by Gasteiger charge is 2.43. The summed E-state index contributed by atoms with van der Waals surface area (Å²) in [6.07, 6.45) is 7.22. The Hall–Kier alpha value is -0.340. The van der Waals surface area contributed by atoms with Gasteiger partial charge >= 0.3 is 0 Å². The zero-order valence-corrected chi connectivity index (χ0v) is 10.7. The molecule has 0 amide bonds. The second kappa shape index (κ2) is 5.33. The molecule has 2 saturated heterocycles. The molecule has 0 aliphatic carbocycles. The van der Waals surface area contributed by atoms with Crippen LogP contribution in [0.3, 0.4) is 0 Å². The Kier molecular flexibility index (Phi) is 4.04. The van der Waals surface area contributed by atoms with Crippen LogP contribution in [0.2, 0.25) is 0 Å². The monoisotopic (exact) mass is 223 g/mol. The van der Waals surface area contributed by atoms with Crippen molar-refractivity contribution in [3.05, 3.63) is 12.2 Å². The van der Waals surface area contributed by atoms with Crippen molar-refractivity contribution < 1.29 is 4.74 Å². The van der Waals surface area contributed by atoms with Crippen molar-refractivity contribution in [2.45, 2.75) is 64.2 Å². The van der Waals surface area contributed by atoms with E-state index >= 15 is 0 Å². The lowest BCUT2D eigenvalue weighted by atomic mass is 9.81. The molecule has 92 valence electrons. The lowest BCUT2D eigenvalue weighted by Crippen LogP contribution is -2.41. The first kappa shape index (κ1) is 12.1. The average molecular weight is 223 g/mol. The topological polar surface area (TPSA) is 21.3 Å². The van der Waals surface area contributed by atoms with E-state index in [-0.39, 0.29) is 0 Å². The van der Waals surface area contributed by atoms with Crippen LogP contribution >= 0.6 is 0 Å². The SMILES string of the molecule is C=C(C)CC(NCCC)C1CC2CCC1O2. The molecule has 16 heavy (non-hydrogen) atoms. The fourth-order valence-corrected chi connectivity index (χ4v) is 3.18. The number of hydrogen-bond donors (Lipinski definition) is 1. The van der Waals surface area contributed by atoms with Crippen LogP contribution < -0.4 is 5.32 Å². The molecule has 4 atom stereocenters. The molecule has 2 nitrogen and oxygen atoms in total. The molecule has 0 spiro atoms. The molecule has 4 unspecified atom stereocenters. The molecular weight excluding hydrogens is 198 g/mol. The first-order chi connectivity index (χ1) is 7.70. The van der Waals surface area contributed by atoms with Crippen molar-refractivity contribution >= 4 is 0 Å². The first-order valence-electron chi connectivity index (χ1n) is 6.74. The molecule has 0 saturated carbocycles. The van der Waals surface area contributed by atoms with Crippen LogP contribution in [-0.4, -0.2) is 24.8 Å². The highest BCUT2D eigenvalue weighted by Crippen LogP contribution is 2.41. The number of nitrogens with one attached hydrogen (secondary N) is 1. The van der Waals surface area contributed by atoms with Crippen molar-refractivity contribution in [3.8, 4) is 0 Å². The van der Waals surface area contributed by atoms with Gasteiger partial charge in [0.25, 0.3) is 0 Å². The number of ether oxygens (including phenoxy) is 1. The summed E-state index contributed by atoms with van der Waals surface area (Å²) in [5.41, 5.74) is 1.29. The van der Waals surface area contributed by atoms with E-state index in [4.69, 9.17) is 4.74 Å². The van der Waals surface area contributed by atoms with Crippen molar-refractivity contribution in [2.75, 3.05) is 6.54 Å². The lowest BCUT2D eigenvalue weighted by molar-refractivity contribution is 0.0857. The van der Waals surface area contributed by atoms with Gasteiger partial charge in [-0.25, -0.2) is 0 Å². The molecule has 0 aromatic carbocycles. The van der Waals surface area contributed by atoms with Gasteiger partial charge in [-0.05, 0) is 45.6 Å². The summed E-state index contributed by atoms with van der Waals surface area (Å²) in [6, 6.07) is 0.591. The van der Waals surface area contributed by atoms with E-state index in [1.165, 1.54) is 31.3 Å². The van der Waals surface area contributed by atoms with Gasteiger partial charge < -0.3 is 10.1 Å². The number of fused-ring (bicyclic) bond motifs is 2. The smallest absolute Gasteiger partial charge is 0.0623 e. The standard InChI is InChI=1S/C14H25NO/c1-4-7-15-13(8-10(2)3)12-9-11-5-6-14(12)16-11/h11-15H,2,4-9H2,1,3H3. The van der Waals surface area contributed by atoms with Gasteiger partial charge in [0.15, 0.2) is 0 Å². The molecule has 0 radical (unpaired) electrons. The molecule has 2 rings (SSSR count). The maximum absolute atomic E-state index is 5.96. The summed E-state index contributed by atoms with van der Waals surface area (Å²) in [4.78, 5) is 0. The van der Waals surface area contributed by atoms with Crippen LogP contribution in [0, 0.1) is 5.92 Å². The fourth-order valence-electron chi connectivity index (χ4n) is 3.18. The third kappa shape index (κ3) is 2.67. The van der Waals surface area contributed by atoms with Gasteiger partial charge in [-0.15, -0.1) is 6.58 Å². The summed E-state index contributed by atoms with van der Waals surface area (Å²) in [5.74, 6) is 0.724. The van der Waals surface area contributed by atoms with Crippen LogP contribution in [0.5, 0.6) is 0 Å². The third-order valence-corrected chi connectivity index (χ3v) is 3.89. The van der Waals surface area contributed by atoms with E-state index in [1.807, 2.05) is 0 Å². The highest BCUT2D eigenvalue weighted by molar-refractivity contribution is 5.01. The van der Waals surface area contributed by atoms with Crippen molar-refractivity contribution in [3.63, 3.8) is 0 Å². The largest absolute Gasteiger partial charge is 0.375 e. The number of hydrogen-bond acceptors (Lipinski definition) is 2. The zero-order valence-electron chi connectivity index (χ0n) is 10.7. The van der Waals surface area contributed by atoms with Crippen molar-refractivity contribution in [2.24, 2.45) is 5.92 Å². The molecular formula is C14H25NO. The quantitative estimate of drug-likeness (QED) is 0.699. The molecule has 1 N–H and O–H groups in total. The van der Waals surface area contributed by atoms with Crippen molar-refractivity contribution in [1.29, 1.82) is 0 Å². The Morgan fingerprint density at radius 2 is 2.31 bits per heavy atom. The summed E-state index contributed by atoms with van der Waals surface area (Å²) in [6.45, 7) is 9.53. The summed E-state index contributed by atoms with van der Waals surface area (Å²) < 4.78 is 5.96. The molecule has 2 heteroatoms. The van der Waals surface area contributed by atoms with Gasteiger partial charge in [-0.3, -0.25) is 0 Å². The number of rotatable bonds is 6. The second-order valence-electron chi connectivity index (χ2n) is 5.50. The van der Waals surface area contributed by atoms with Gasteiger partial charge in [0.05, 0.1) is 12.2 Å². The Balaban J connectivity index is 1.92. The van der Waals surface area contributed by atoms with Crippen LogP contribution in [0.25, 0.3) is 0 Å². The van der Waals surface area contributed by atoms with Crippen LogP contribution in [0.4, 0.5) is 0 Å². The van der Waals surface area contributed by atoms with Crippen LogP contribution in [-0.2, 0) is 4.74 Å². The first-order valence-corrected chi connectivity index (χ1v) is 6.74. The van der Waals surface area contributed by atoms with Crippen molar-refractivity contribution in [1.82, 2.24) is 5.32 Å². The Bertz CT molecular complexity index is 251. The maximum atomic E-state index is 5.96. The second-order valence-corrected chi connectivity index (χ2v) is 5.50. The van der Waals surface area contributed by atoms with Gasteiger partial charge in [-0.1, -0.05) is 12.5 Å². The Morgan fingerprint density at radius 1 is 1.50 bits per heavy atom. The van der Waals surface area contributed by atoms with E-state index in [2.05, 4.69) is 25.7 Å². The molecule has 0 aromatic rings. The Labute approximate surface area is 99.4 Å². The minimum absolute atomic E-state index is 0.527. The zero-order chi connectivity index (χ0) is 11.5. The molecule has 2 aliphatic heterocycles. The molecule has 2 fully saturated rings. The van der Waals surface area contributed by atoms with E-state index in [0.29, 0.717) is 18.2 Å². The molecule has 2 heterocycles. The Morgan fingerprint density at radius 3 is 2.81 bits per heavy atom. The van der Waals surface area contributed by atoms with Crippen LogP contribution in [0.15, 0.2) is 12.2 Å². The molecule has 0 aromatic heterocycles. The van der Waals surface area contributed by atoms with E-state index in [9.17, 15) is 0 Å². The maximum Gasteiger partial charge on any atom is 0.0623 e. The van der Waals surface area contributed by atoms with Gasteiger partial charge in [0, 0.05) is 12.0 Å². The summed E-state index contributed by atoms with van der Waals surface area (Å²) in [7, 11) is 0. The van der Waals surface area contributed by atoms with E-state index < -0.39 is 0 Å². The predicted octanol–water partition coefficient (Wildman–Crippen LogP) is 2.89. The molecule has 2 aliphatic rings. The summed E-state index contributed by atoms with van der Waals surface area (Å²) >= 11 is 0. The molecule has 2 bridgehead atoms. The fraction of sp³-hybridized carbons (Fsp3) is 0.857. The van der Waals surface area contributed by atoms with Gasteiger partial charge in [0.2, 0.25) is 0 Å². The third-order valence-electron chi connectivity index (χ3n) is 3.89. The van der Waals surface area contributed by atoms with Gasteiger partial charge in [0.1, 0.15) is 0 Å². The van der Waals surface area contributed by atoms with Gasteiger partial charge in [-0.2, -0.15) is 0 Å². The van der Waals surface area contributed by atoms with E-state index in [0.717, 1.165) is 18.9 Å². The van der Waals surface area contributed by atoms with E-state index in [1.54, 1.807) is 0 Å². The summed E-state index contributed by atoms with van der Waals surface area (Å²) in [5, 5.41) is 3.69. The highest BCUT2D eigenvalue weighted by atomic mass is 16.5. The predicted molar refractivity (Wildman–Crippen MR) is 67.5 cm³/mol. The average Bonchev–Trinajstić information content (AvgIpc) is 2.85. The minimum atomic E-state index is 0.527. The normalized spacial score (nSPS) is 34.2. The lowest BCUT2D eigenvalue weighted by Gasteiger charge is -2.29.